The summed E-state index contributed by atoms with van der Waals surface area (Å²) in [7, 11) is 0. The Morgan fingerprint density at radius 2 is 2.27 bits per heavy atom. The number of hydrogen-bond donors (Lipinski definition) is 2. The Bertz CT molecular complexity index is 580. The van der Waals surface area contributed by atoms with Crippen molar-refractivity contribution in [3.8, 4) is 5.75 Å². The van der Waals surface area contributed by atoms with Crippen LogP contribution in [0.3, 0.4) is 0 Å². The lowest BCUT2D eigenvalue weighted by Gasteiger charge is -2.00. The summed E-state index contributed by atoms with van der Waals surface area (Å²) >= 11 is 0. The zero-order valence-corrected chi connectivity index (χ0v) is 7.73. The number of ether oxygens (including phenoxy) is 1. The van der Waals surface area contributed by atoms with Gasteiger partial charge in [-0.05, 0) is 18.6 Å². The van der Waals surface area contributed by atoms with E-state index in [9.17, 15) is 9.59 Å². The molecule has 1 heterocycles. The molecule has 0 unspecified atom stereocenters. The van der Waals surface area contributed by atoms with Crippen LogP contribution in [0.5, 0.6) is 5.75 Å². The molecule has 6 nitrogen and oxygen atoms in total. The van der Waals surface area contributed by atoms with Gasteiger partial charge in [0.25, 0.3) is 0 Å². The molecule has 0 fully saturated rings. The van der Waals surface area contributed by atoms with Gasteiger partial charge in [-0.3, -0.25) is 4.98 Å². The van der Waals surface area contributed by atoms with Crippen molar-refractivity contribution in [1.29, 1.82) is 0 Å². The molecule has 0 radical (unpaired) electrons. The standard InChI is InChI=1S/C9H7NO5/c1-4-2-5(14-9(12)13)3-6-7(4)10-8(11)15-6/h2-3H,1H3,(H,10,11)(H,12,13). The molecule has 15 heavy (non-hydrogen) atoms. The number of rotatable bonds is 1. The van der Waals surface area contributed by atoms with E-state index in [4.69, 9.17) is 9.52 Å². The van der Waals surface area contributed by atoms with Gasteiger partial charge in [-0.25, -0.2) is 9.59 Å². The molecule has 0 saturated heterocycles. The zero-order valence-electron chi connectivity index (χ0n) is 7.73. The van der Waals surface area contributed by atoms with Crippen LogP contribution < -0.4 is 10.5 Å². The number of aryl methyl sites for hydroxylation is 1. The molecule has 1 aromatic carbocycles. The first-order chi connectivity index (χ1) is 7.06. The summed E-state index contributed by atoms with van der Waals surface area (Å²) in [6.45, 7) is 1.71. The molecule has 0 amide bonds. The minimum Gasteiger partial charge on any atom is -0.449 e. The summed E-state index contributed by atoms with van der Waals surface area (Å²) in [6.07, 6.45) is -1.41. The van der Waals surface area contributed by atoms with Gasteiger partial charge >= 0.3 is 11.9 Å². The van der Waals surface area contributed by atoms with Gasteiger partial charge in [-0.1, -0.05) is 0 Å². The van der Waals surface area contributed by atoms with E-state index >= 15 is 0 Å². The lowest BCUT2D eigenvalue weighted by atomic mass is 10.2. The molecule has 0 aliphatic carbocycles. The van der Waals surface area contributed by atoms with E-state index in [0.29, 0.717) is 11.1 Å². The third-order valence-electron chi connectivity index (χ3n) is 1.91. The van der Waals surface area contributed by atoms with E-state index in [-0.39, 0.29) is 11.3 Å². The molecule has 2 rings (SSSR count). The van der Waals surface area contributed by atoms with Crippen LogP contribution >= 0.6 is 0 Å². The smallest absolute Gasteiger partial charge is 0.449 e. The summed E-state index contributed by atoms with van der Waals surface area (Å²) in [5.74, 6) is -0.462. The fourth-order valence-corrected chi connectivity index (χ4v) is 1.35. The van der Waals surface area contributed by atoms with Crippen molar-refractivity contribution in [3.63, 3.8) is 0 Å². The third kappa shape index (κ3) is 1.69. The van der Waals surface area contributed by atoms with Crippen molar-refractivity contribution in [3.05, 3.63) is 28.2 Å². The average molecular weight is 209 g/mol. The number of nitrogens with one attached hydrogen (secondary N) is 1. The van der Waals surface area contributed by atoms with E-state index in [2.05, 4.69) is 9.72 Å². The first-order valence-electron chi connectivity index (χ1n) is 4.10. The molecular weight excluding hydrogens is 202 g/mol. The highest BCUT2D eigenvalue weighted by atomic mass is 16.7. The van der Waals surface area contributed by atoms with Gasteiger partial charge in [0.1, 0.15) is 5.75 Å². The third-order valence-corrected chi connectivity index (χ3v) is 1.91. The average Bonchev–Trinajstić information content (AvgIpc) is 2.44. The van der Waals surface area contributed by atoms with E-state index in [1.807, 2.05) is 0 Å². The van der Waals surface area contributed by atoms with Crippen LogP contribution in [0.4, 0.5) is 4.79 Å². The van der Waals surface area contributed by atoms with Crippen molar-refractivity contribution >= 4 is 17.3 Å². The van der Waals surface area contributed by atoms with Crippen LogP contribution in [0.15, 0.2) is 21.3 Å². The zero-order chi connectivity index (χ0) is 11.0. The quantitative estimate of drug-likeness (QED) is 0.548. The highest BCUT2D eigenvalue weighted by molar-refractivity contribution is 5.78. The predicted molar refractivity (Wildman–Crippen MR) is 50.2 cm³/mol. The number of carboxylic acid groups (broad SMARTS) is 1. The second-order valence-corrected chi connectivity index (χ2v) is 3.00. The summed E-state index contributed by atoms with van der Waals surface area (Å²) in [5.41, 5.74) is 1.49. The van der Waals surface area contributed by atoms with Crippen molar-refractivity contribution in [1.82, 2.24) is 4.98 Å². The fourth-order valence-electron chi connectivity index (χ4n) is 1.35. The van der Waals surface area contributed by atoms with Gasteiger partial charge in [0.15, 0.2) is 5.58 Å². The molecule has 2 aromatic rings. The topological polar surface area (TPSA) is 92.5 Å². The molecule has 0 saturated carbocycles. The number of H-pyrrole nitrogens is 1. The van der Waals surface area contributed by atoms with E-state index in [1.54, 1.807) is 6.92 Å². The SMILES string of the molecule is Cc1cc(OC(=O)O)cc2oc(=O)[nH]c12. The number of aromatic nitrogens is 1. The summed E-state index contributed by atoms with van der Waals surface area (Å²) in [4.78, 5) is 23.7. The molecule has 0 aliphatic rings. The van der Waals surface area contributed by atoms with Crippen LogP contribution in [0.25, 0.3) is 11.1 Å². The minimum absolute atomic E-state index is 0.121. The Labute approximate surface area is 83.1 Å². The Balaban J connectivity index is 2.61. The van der Waals surface area contributed by atoms with E-state index in [0.717, 1.165) is 0 Å². The van der Waals surface area contributed by atoms with E-state index < -0.39 is 11.9 Å². The van der Waals surface area contributed by atoms with Crippen LogP contribution in [-0.2, 0) is 0 Å². The molecule has 0 aliphatic heterocycles. The number of carbonyl (C=O) groups is 1. The van der Waals surface area contributed by atoms with Crippen LogP contribution in [-0.4, -0.2) is 16.2 Å². The Morgan fingerprint density at radius 3 is 2.93 bits per heavy atom. The molecule has 0 atom stereocenters. The van der Waals surface area contributed by atoms with E-state index in [1.165, 1.54) is 12.1 Å². The molecule has 1 aromatic heterocycles. The maximum Gasteiger partial charge on any atom is 0.511 e. The summed E-state index contributed by atoms with van der Waals surface area (Å²) in [6, 6.07) is 2.84. The minimum atomic E-state index is -1.41. The molecule has 6 heteroatoms. The Kier molecular flexibility index (Phi) is 1.96. The number of oxazole rings is 1. The number of hydrogen-bond acceptors (Lipinski definition) is 4. The molecular formula is C9H7NO5. The summed E-state index contributed by atoms with van der Waals surface area (Å²) in [5, 5.41) is 8.41. The maximum atomic E-state index is 10.9. The highest BCUT2D eigenvalue weighted by Crippen LogP contribution is 2.22. The van der Waals surface area contributed by atoms with Crippen molar-refractivity contribution in [2.75, 3.05) is 0 Å². The number of fused-ring (bicyclic) bond motifs is 1. The monoisotopic (exact) mass is 209 g/mol. The first-order valence-corrected chi connectivity index (χ1v) is 4.10. The number of aromatic amines is 1. The highest BCUT2D eigenvalue weighted by Gasteiger charge is 2.09. The van der Waals surface area contributed by atoms with Gasteiger partial charge in [-0.2, -0.15) is 0 Å². The second-order valence-electron chi connectivity index (χ2n) is 3.00. The molecule has 0 bridgehead atoms. The van der Waals surface area contributed by atoms with Crippen molar-refractivity contribution < 1.29 is 19.1 Å². The van der Waals surface area contributed by atoms with Crippen LogP contribution in [0.2, 0.25) is 0 Å². The fraction of sp³-hybridized carbons (Fsp3) is 0.111. The molecule has 2 N–H and O–H groups in total. The van der Waals surface area contributed by atoms with Gasteiger partial charge in [0, 0.05) is 6.07 Å². The van der Waals surface area contributed by atoms with Gasteiger partial charge in [0.2, 0.25) is 0 Å². The van der Waals surface area contributed by atoms with Crippen molar-refractivity contribution in [2.24, 2.45) is 0 Å². The lowest BCUT2D eigenvalue weighted by Crippen LogP contribution is -2.02. The largest absolute Gasteiger partial charge is 0.511 e. The second kappa shape index (κ2) is 3.16. The lowest BCUT2D eigenvalue weighted by molar-refractivity contribution is 0.144. The van der Waals surface area contributed by atoms with Gasteiger partial charge < -0.3 is 14.3 Å². The maximum absolute atomic E-state index is 10.9. The van der Waals surface area contributed by atoms with Gasteiger partial charge in [-0.15, -0.1) is 0 Å². The predicted octanol–water partition coefficient (Wildman–Crippen LogP) is 1.49. The Morgan fingerprint density at radius 1 is 1.53 bits per heavy atom. The number of benzene rings is 1. The molecule has 0 spiro atoms. The van der Waals surface area contributed by atoms with Crippen LogP contribution in [0, 0.1) is 6.92 Å². The Hall–Kier alpha value is -2.24. The van der Waals surface area contributed by atoms with Gasteiger partial charge in [0.05, 0.1) is 5.52 Å². The first kappa shape index (κ1) is 9.32. The van der Waals surface area contributed by atoms with Crippen molar-refractivity contribution in [2.45, 2.75) is 6.92 Å². The summed E-state index contributed by atoms with van der Waals surface area (Å²) < 4.78 is 9.24. The normalized spacial score (nSPS) is 10.5. The van der Waals surface area contributed by atoms with Crippen LogP contribution in [0.1, 0.15) is 5.56 Å². The molecule has 78 valence electrons.